The van der Waals surface area contributed by atoms with Crippen LogP contribution in [0, 0.1) is 22.9 Å². The van der Waals surface area contributed by atoms with Gasteiger partial charge in [-0.05, 0) is 31.4 Å². The quantitative estimate of drug-likeness (QED) is 0.507. The first-order chi connectivity index (χ1) is 9.49. The van der Waals surface area contributed by atoms with Crippen LogP contribution in [0.1, 0.15) is 37.7 Å². The summed E-state index contributed by atoms with van der Waals surface area (Å²) in [6.07, 6.45) is 3.91. The molecule has 0 amide bonds. The number of nitro groups is 1. The minimum atomic E-state index is -0.603. The van der Waals surface area contributed by atoms with Crippen molar-refractivity contribution in [1.29, 1.82) is 0 Å². The summed E-state index contributed by atoms with van der Waals surface area (Å²) in [6.45, 7) is 1.56. The largest absolute Gasteiger partial charge is 0.391 e. The number of halogens is 1. The van der Waals surface area contributed by atoms with E-state index in [1.807, 2.05) is 0 Å². The molecule has 110 valence electrons. The summed E-state index contributed by atoms with van der Waals surface area (Å²) < 4.78 is 13.5. The number of aliphatic hydroxyl groups is 1. The molecular weight excluding hydrogens is 263 g/mol. The van der Waals surface area contributed by atoms with Crippen molar-refractivity contribution in [3.63, 3.8) is 0 Å². The number of nitrogens with zero attached hydrogens (tertiary/aromatic N) is 1. The smallest absolute Gasteiger partial charge is 0.295 e. The molecule has 20 heavy (non-hydrogen) atoms. The number of nitro benzene ring substituents is 1. The second kappa shape index (κ2) is 6.17. The number of aliphatic hydroxyl groups excluding tert-OH is 1. The van der Waals surface area contributed by atoms with Gasteiger partial charge < -0.3 is 10.4 Å². The third-order valence-corrected chi connectivity index (χ3v) is 3.79. The van der Waals surface area contributed by atoms with Gasteiger partial charge in [-0.1, -0.05) is 19.3 Å². The van der Waals surface area contributed by atoms with Gasteiger partial charge in [-0.15, -0.1) is 0 Å². The van der Waals surface area contributed by atoms with Crippen LogP contribution in [-0.4, -0.2) is 22.2 Å². The lowest BCUT2D eigenvalue weighted by Gasteiger charge is -2.23. The Morgan fingerprint density at radius 1 is 1.35 bits per heavy atom. The lowest BCUT2D eigenvalue weighted by atomic mass is 10.0. The molecule has 0 heterocycles. The number of hydrogen-bond acceptors (Lipinski definition) is 4. The summed E-state index contributed by atoms with van der Waals surface area (Å²) in [4.78, 5) is 10.4. The van der Waals surface area contributed by atoms with Gasteiger partial charge in [0.15, 0.2) is 0 Å². The van der Waals surface area contributed by atoms with Crippen molar-refractivity contribution in [3.05, 3.63) is 33.6 Å². The van der Waals surface area contributed by atoms with Gasteiger partial charge in [0, 0.05) is 0 Å². The summed E-state index contributed by atoms with van der Waals surface area (Å²) in [7, 11) is 0. The van der Waals surface area contributed by atoms with Gasteiger partial charge in [-0.25, -0.2) is 4.39 Å². The minimum Gasteiger partial charge on any atom is -0.391 e. The molecule has 1 aliphatic carbocycles. The molecule has 2 atom stereocenters. The molecule has 2 unspecified atom stereocenters. The van der Waals surface area contributed by atoms with Gasteiger partial charge in [-0.2, -0.15) is 0 Å². The average molecular weight is 282 g/mol. The molecule has 0 saturated heterocycles. The topological polar surface area (TPSA) is 75.4 Å². The zero-order valence-electron chi connectivity index (χ0n) is 11.4. The Morgan fingerprint density at radius 3 is 2.75 bits per heavy atom. The fourth-order valence-corrected chi connectivity index (χ4v) is 2.59. The Morgan fingerprint density at radius 2 is 2.05 bits per heavy atom. The van der Waals surface area contributed by atoms with Gasteiger partial charge in [0.05, 0.1) is 23.1 Å². The Balaban J connectivity index is 2.27. The first-order valence-corrected chi connectivity index (χ1v) is 6.88. The van der Waals surface area contributed by atoms with E-state index in [9.17, 15) is 19.6 Å². The summed E-state index contributed by atoms with van der Waals surface area (Å²) in [5.74, 6) is -0.594. The highest BCUT2D eigenvalue weighted by molar-refractivity contribution is 5.63. The van der Waals surface area contributed by atoms with Crippen molar-refractivity contribution in [2.45, 2.75) is 51.2 Å². The Kier molecular flexibility index (Phi) is 4.54. The van der Waals surface area contributed by atoms with E-state index in [4.69, 9.17) is 0 Å². The second-order valence-corrected chi connectivity index (χ2v) is 5.33. The standard InChI is InChI=1S/C14H19FN2O3/c1-9-7-12(13(17(19)20)8-10(9)15)16-11-5-3-2-4-6-14(11)18/h7-8,11,14,16,18H,2-6H2,1H3. The molecule has 0 radical (unpaired) electrons. The number of nitrogens with one attached hydrogen (secondary N) is 1. The number of rotatable bonds is 3. The van der Waals surface area contributed by atoms with Gasteiger partial charge in [0.2, 0.25) is 0 Å². The van der Waals surface area contributed by atoms with Crippen LogP contribution in [0.25, 0.3) is 0 Å². The van der Waals surface area contributed by atoms with Crippen molar-refractivity contribution in [1.82, 2.24) is 0 Å². The number of hydrogen-bond donors (Lipinski definition) is 2. The van der Waals surface area contributed by atoms with Crippen LogP contribution in [-0.2, 0) is 0 Å². The highest BCUT2D eigenvalue weighted by Crippen LogP contribution is 2.30. The third-order valence-electron chi connectivity index (χ3n) is 3.79. The molecular formula is C14H19FN2O3. The van der Waals surface area contributed by atoms with Crippen molar-refractivity contribution in [2.24, 2.45) is 0 Å². The highest BCUT2D eigenvalue weighted by Gasteiger charge is 2.25. The Labute approximate surface area is 117 Å². The van der Waals surface area contributed by atoms with Crippen LogP contribution in [0.5, 0.6) is 0 Å². The molecule has 0 aromatic heterocycles. The van der Waals surface area contributed by atoms with E-state index in [0.29, 0.717) is 12.0 Å². The molecule has 0 bridgehead atoms. The van der Waals surface area contributed by atoms with Crippen molar-refractivity contribution < 1.29 is 14.4 Å². The first-order valence-electron chi connectivity index (χ1n) is 6.88. The maximum Gasteiger partial charge on any atom is 0.295 e. The molecule has 0 spiro atoms. The number of benzene rings is 1. The van der Waals surface area contributed by atoms with Crippen molar-refractivity contribution >= 4 is 11.4 Å². The molecule has 0 aliphatic heterocycles. The van der Waals surface area contributed by atoms with Crippen molar-refractivity contribution in [3.8, 4) is 0 Å². The van der Waals surface area contributed by atoms with Crippen LogP contribution in [0.15, 0.2) is 12.1 Å². The van der Waals surface area contributed by atoms with Crippen LogP contribution in [0.4, 0.5) is 15.8 Å². The fraction of sp³-hybridized carbons (Fsp3) is 0.571. The maximum absolute atomic E-state index is 13.5. The van der Waals surface area contributed by atoms with E-state index in [2.05, 4.69) is 5.32 Å². The first kappa shape index (κ1) is 14.7. The average Bonchev–Trinajstić information content (AvgIpc) is 2.59. The third kappa shape index (κ3) is 3.25. The molecule has 1 aliphatic rings. The summed E-state index contributed by atoms with van der Waals surface area (Å²) >= 11 is 0. The summed E-state index contributed by atoms with van der Waals surface area (Å²) in [5.41, 5.74) is 0.339. The molecule has 5 nitrogen and oxygen atoms in total. The van der Waals surface area contributed by atoms with Gasteiger partial charge >= 0.3 is 0 Å². The van der Waals surface area contributed by atoms with Gasteiger partial charge in [0.25, 0.3) is 5.69 Å². The predicted molar refractivity (Wildman–Crippen MR) is 74.3 cm³/mol. The molecule has 1 aromatic rings. The van der Waals surface area contributed by atoms with E-state index < -0.39 is 16.8 Å². The molecule has 2 N–H and O–H groups in total. The van der Waals surface area contributed by atoms with E-state index in [0.717, 1.165) is 31.7 Å². The van der Waals surface area contributed by atoms with E-state index in [-0.39, 0.29) is 17.4 Å². The zero-order valence-corrected chi connectivity index (χ0v) is 11.4. The highest BCUT2D eigenvalue weighted by atomic mass is 19.1. The summed E-state index contributed by atoms with van der Waals surface area (Å²) in [6, 6.07) is 2.15. The minimum absolute atomic E-state index is 0.221. The van der Waals surface area contributed by atoms with Gasteiger partial charge in [0.1, 0.15) is 11.5 Å². The van der Waals surface area contributed by atoms with Gasteiger partial charge in [-0.3, -0.25) is 10.1 Å². The van der Waals surface area contributed by atoms with Crippen LogP contribution >= 0.6 is 0 Å². The van der Waals surface area contributed by atoms with E-state index in [1.54, 1.807) is 6.92 Å². The SMILES string of the molecule is Cc1cc(NC2CCCCCC2O)c([N+](=O)[O-])cc1F. The Hall–Kier alpha value is -1.69. The maximum atomic E-state index is 13.5. The molecule has 1 aromatic carbocycles. The fourth-order valence-electron chi connectivity index (χ4n) is 2.59. The molecule has 1 fully saturated rings. The number of anilines is 1. The second-order valence-electron chi connectivity index (χ2n) is 5.33. The zero-order chi connectivity index (χ0) is 14.7. The van der Waals surface area contributed by atoms with E-state index >= 15 is 0 Å². The van der Waals surface area contributed by atoms with Crippen LogP contribution < -0.4 is 5.32 Å². The Bertz CT molecular complexity index is 507. The van der Waals surface area contributed by atoms with Crippen LogP contribution in [0.2, 0.25) is 0 Å². The monoisotopic (exact) mass is 282 g/mol. The molecule has 6 heteroatoms. The lowest BCUT2D eigenvalue weighted by Crippen LogP contribution is -2.32. The van der Waals surface area contributed by atoms with E-state index in [1.165, 1.54) is 6.07 Å². The molecule has 2 rings (SSSR count). The van der Waals surface area contributed by atoms with Crippen molar-refractivity contribution in [2.75, 3.05) is 5.32 Å². The molecule has 1 saturated carbocycles. The summed E-state index contributed by atoms with van der Waals surface area (Å²) in [5, 5.41) is 24.1. The van der Waals surface area contributed by atoms with Crippen LogP contribution in [0.3, 0.4) is 0 Å². The predicted octanol–water partition coefficient (Wildman–Crippen LogP) is 3.15. The lowest BCUT2D eigenvalue weighted by molar-refractivity contribution is -0.384. The normalized spacial score (nSPS) is 23.1. The number of aryl methyl sites for hydroxylation is 1.